The lowest BCUT2D eigenvalue weighted by molar-refractivity contribution is -0.140. The number of rotatable bonds is 2. The zero-order chi connectivity index (χ0) is 13.4. The van der Waals surface area contributed by atoms with Gasteiger partial charge in [0, 0.05) is 16.7 Å². The molecule has 0 aliphatic carbocycles. The molecule has 1 aromatic rings. The van der Waals surface area contributed by atoms with Crippen molar-refractivity contribution in [3.63, 3.8) is 0 Å². The Hall–Kier alpha value is -1.02. The molecule has 0 bridgehead atoms. The van der Waals surface area contributed by atoms with Gasteiger partial charge in [-0.05, 0) is 6.07 Å². The van der Waals surface area contributed by atoms with Gasteiger partial charge in [-0.15, -0.1) is 0 Å². The van der Waals surface area contributed by atoms with E-state index in [1.165, 1.54) is 0 Å². The van der Waals surface area contributed by atoms with Crippen LogP contribution < -0.4 is 4.74 Å². The third-order valence-corrected chi connectivity index (χ3v) is 3.14. The molecule has 0 saturated heterocycles. The van der Waals surface area contributed by atoms with Crippen LogP contribution in [0, 0.1) is 5.82 Å². The number of benzene rings is 1. The number of halogens is 5. The van der Waals surface area contributed by atoms with E-state index in [9.17, 15) is 26.0 Å². The molecule has 0 heterocycles. The maximum atomic E-state index is 13.3. The van der Waals surface area contributed by atoms with E-state index in [4.69, 9.17) is 10.7 Å². The fourth-order valence-electron chi connectivity index (χ4n) is 1.07. The Kier molecular flexibility index (Phi) is 3.58. The van der Waals surface area contributed by atoms with Crippen molar-refractivity contribution in [2.45, 2.75) is 11.1 Å². The van der Waals surface area contributed by atoms with Crippen LogP contribution in [0.5, 0.6) is 5.75 Å². The molecule has 0 spiro atoms. The Balaban J connectivity index is 3.65. The highest BCUT2D eigenvalue weighted by molar-refractivity contribution is 8.13. The SMILES string of the molecule is COc1cc(C(F)(F)F)c(F)c(S(=O)(=O)Cl)c1. The summed E-state index contributed by atoms with van der Waals surface area (Å²) >= 11 is 0. The van der Waals surface area contributed by atoms with Crippen LogP contribution >= 0.6 is 10.7 Å². The van der Waals surface area contributed by atoms with Crippen LogP contribution in [0.3, 0.4) is 0 Å². The first-order valence-corrected chi connectivity index (χ1v) is 6.27. The molecule has 1 aromatic carbocycles. The zero-order valence-corrected chi connectivity index (χ0v) is 9.75. The quantitative estimate of drug-likeness (QED) is 0.622. The molecule has 0 saturated carbocycles. The molecule has 0 radical (unpaired) electrons. The van der Waals surface area contributed by atoms with Crippen molar-refractivity contribution in [2.24, 2.45) is 0 Å². The minimum atomic E-state index is -5.05. The number of hydrogen-bond acceptors (Lipinski definition) is 3. The molecule has 0 aliphatic rings. The summed E-state index contributed by atoms with van der Waals surface area (Å²) in [6.07, 6.45) is -5.05. The van der Waals surface area contributed by atoms with Crippen molar-refractivity contribution in [1.82, 2.24) is 0 Å². The van der Waals surface area contributed by atoms with Crippen molar-refractivity contribution in [3.8, 4) is 5.75 Å². The van der Waals surface area contributed by atoms with Crippen molar-refractivity contribution < 1.29 is 30.7 Å². The maximum absolute atomic E-state index is 13.3. The van der Waals surface area contributed by atoms with E-state index in [2.05, 4.69) is 4.74 Å². The van der Waals surface area contributed by atoms with Crippen molar-refractivity contribution in [2.75, 3.05) is 7.11 Å². The highest BCUT2D eigenvalue weighted by Gasteiger charge is 2.37. The van der Waals surface area contributed by atoms with Crippen molar-refractivity contribution >= 4 is 19.7 Å². The lowest BCUT2D eigenvalue weighted by atomic mass is 10.2. The van der Waals surface area contributed by atoms with Gasteiger partial charge in [0.25, 0.3) is 9.05 Å². The molecule has 1 rings (SSSR count). The van der Waals surface area contributed by atoms with Gasteiger partial charge in [0.2, 0.25) is 0 Å². The molecule has 9 heteroatoms. The summed E-state index contributed by atoms with van der Waals surface area (Å²) < 4.78 is 76.8. The van der Waals surface area contributed by atoms with Gasteiger partial charge in [-0.25, -0.2) is 12.8 Å². The summed E-state index contributed by atoms with van der Waals surface area (Å²) in [6.45, 7) is 0. The fourth-order valence-corrected chi connectivity index (χ4v) is 1.99. The normalized spacial score (nSPS) is 12.6. The number of hydrogen-bond donors (Lipinski definition) is 0. The highest BCUT2D eigenvalue weighted by atomic mass is 35.7. The summed E-state index contributed by atoms with van der Waals surface area (Å²) in [4.78, 5) is -1.27. The molecule has 3 nitrogen and oxygen atoms in total. The predicted octanol–water partition coefficient (Wildman–Crippen LogP) is 2.78. The summed E-state index contributed by atoms with van der Waals surface area (Å²) in [5.41, 5.74) is -1.75. The lowest BCUT2D eigenvalue weighted by Crippen LogP contribution is -2.11. The monoisotopic (exact) mass is 292 g/mol. The second-order valence-corrected chi connectivity index (χ2v) is 5.46. The smallest absolute Gasteiger partial charge is 0.419 e. The molecule has 0 fully saturated rings. The van der Waals surface area contributed by atoms with E-state index in [0.717, 1.165) is 7.11 Å². The highest BCUT2D eigenvalue weighted by Crippen LogP contribution is 2.37. The number of alkyl halides is 3. The molecule has 96 valence electrons. The third-order valence-electron chi connectivity index (χ3n) is 1.82. The van der Waals surface area contributed by atoms with Crippen LogP contribution in [0.2, 0.25) is 0 Å². The van der Waals surface area contributed by atoms with E-state index in [1.54, 1.807) is 0 Å². The Morgan fingerprint density at radius 2 is 1.82 bits per heavy atom. The molecule has 0 aromatic heterocycles. The molecule has 0 N–H and O–H groups in total. The number of ether oxygens (including phenoxy) is 1. The largest absolute Gasteiger partial charge is 0.497 e. The van der Waals surface area contributed by atoms with Crippen LogP contribution in [0.4, 0.5) is 17.6 Å². The molecular weight excluding hydrogens is 288 g/mol. The van der Waals surface area contributed by atoms with Crippen LogP contribution in [0.15, 0.2) is 17.0 Å². The topological polar surface area (TPSA) is 43.4 Å². The van der Waals surface area contributed by atoms with Gasteiger partial charge in [0.1, 0.15) is 10.6 Å². The minimum absolute atomic E-state index is 0.348. The Labute approximate surface area is 98.4 Å². The molecule has 0 aliphatic heterocycles. The predicted molar refractivity (Wildman–Crippen MR) is 51.0 cm³/mol. The summed E-state index contributed by atoms with van der Waals surface area (Å²) in [6, 6.07) is 0.924. The molecule has 0 unspecified atom stereocenters. The summed E-state index contributed by atoms with van der Waals surface area (Å²) in [5, 5.41) is 0. The Bertz CT molecular complexity index is 538. The molecule has 0 amide bonds. The van der Waals surface area contributed by atoms with E-state index >= 15 is 0 Å². The zero-order valence-electron chi connectivity index (χ0n) is 8.18. The summed E-state index contributed by atoms with van der Waals surface area (Å²) in [5.74, 6) is -2.41. The van der Waals surface area contributed by atoms with Gasteiger partial charge >= 0.3 is 6.18 Å². The fraction of sp³-hybridized carbons (Fsp3) is 0.250. The first-order valence-electron chi connectivity index (χ1n) is 3.96. The Morgan fingerprint density at radius 3 is 2.18 bits per heavy atom. The van der Waals surface area contributed by atoms with Crippen LogP contribution in [-0.2, 0) is 15.2 Å². The third kappa shape index (κ3) is 3.01. The standard InChI is InChI=1S/C8H5ClF4O3S/c1-16-4-2-5(8(11,12)13)7(10)6(3-4)17(9,14)15/h2-3H,1H3. The maximum Gasteiger partial charge on any atom is 0.419 e. The van der Waals surface area contributed by atoms with Gasteiger partial charge in [-0.1, -0.05) is 0 Å². The molecule has 0 atom stereocenters. The van der Waals surface area contributed by atoms with Gasteiger partial charge < -0.3 is 4.74 Å². The van der Waals surface area contributed by atoms with Crippen LogP contribution in [0.1, 0.15) is 5.56 Å². The van der Waals surface area contributed by atoms with E-state index in [0.29, 0.717) is 12.1 Å². The average molecular weight is 293 g/mol. The van der Waals surface area contributed by atoms with E-state index in [1.807, 2.05) is 0 Å². The second-order valence-electron chi connectivity index (χ2n) is 2.92. The van der Waals surface area contributed by atoms with E-state index < -0.39 is 37.3 Å². The van der Waals surface area contributed by atoms with Crippen LogP contribution in [0.25, 0.3) is 0 Å². The first kappa shape index (κ1) is 14.0. The van der Waals surface area contributed by atoms with Crippen molar-refractivity contribution in [1.29, 1.82) is 0 Å². The number of methoxy groups -OCH3 is 1. The lowest BCUT2D eigenvalue weighted by Gasteiger charge is -2.12. The van der Waals surface area contributed by atoms with E-state index in [-0.39, 0.29) is 0 Å². The van der Waals surface area contributed by atoms with Gasteiger partial charge in [0.15, 0.2) is 5.82 Å². The minimum Gasteiger partial charge on any atom is -0.497 e. The van der Waals surface area contributed by atoms with Crippen LogP contribution in [-0.4, -0.2) is 15.5 Å². The van der Waals surface area contributed by atoms with Gasteiger partial charge in [-0.3, -0.25) is 0 Å². The second kappa shape index (κ2) is 4.34. The molecular formula is C8H5ClF4O3S. The Morgan fingerprint density at radius 1 is 1.29 bits per heavy atom. The molecule has 17 heavy (non-hydrogen) atoms. The summed E-state index contributed by atoms with van der Waals surface area (Å²) in [7, 11) is 1.20. The van der Waals surface area contributed by atoms with Gasteiger partial charge in [-0.2, -0.15) is 13.2 Å². The van der Waals surface area contributed by atoms with Crippen molar-refractivity contribution in [3.05, 3.63) is 23.5 Å². The van der Waals surface area contributed by atoms with Gasteiger partial charge in [0.05, 0.1) is 12.7 Å². The average Bonchev–Trinajstić information content (AvgIpc) is 2.14. The first-order chi connectivity index (χ1) is 7.57.